The van der Waals surface area contributed by atoms with Gasteiger partial charge in [0, 0.05) is 31.4 Å². The lowest BCUT2D eigenvalue weighted by atomic mass is 10.1. The van der Waals surface area contributed by atoms with E-state index in [0.717, 1.165) is 18.5 Å². The summed E-state index contributed by atoms with van der Waals surface area (Å²) in [6.45, 7) is 1.48. The highest BCUT2D eigenvalue weighted by atomic mass is 16.5. The van der Waals surface area contributed by atoms with Crippen molar-refractivity contribution in [3.63, 3.8) is 0 Å². The van der Waals surface area contributed by atoms with Crippen LogP contribution >= 0.6 is 0 Å². The Morgan fingerprint density at radius 1 is 0.963 bits per heavy atom. The summed E-state index contributed by atoms with van der Waals surface area (Å²) in [4.78, 5) is 14.5. The van der Waals surface area contributed by atoms with Crippen LogP contribution in [-0.4, -0.2) is 47.4 Å². The fourth-order valence-electron chi connectivity index (χ4n) is 2.89. The molecule has 0 radical (unpaired) electrons. The minimum Gasteiger partial charge on any atom is -0.493 e. The Kier molecular flexibility index (Phi) is 7.79. The second-order valence-corrected chi connectivity index (χ2v) is 6.13. The zero-order valence-electron chi connectivity index (χ0n) is 16.5. The molecule has 2 aromatic carbocycles. The fourth-order valence-corrected chi connectivity index (χ4v) is 2.89. The van der Waals surface area contributed by atoms with Crippen molar-refractivity contribution in [1.29, 1.82) is 0 Å². The van der Waals surface area contributed by atoms with E-state index in [4.69, 9.17) is 14.2 Å². The molecule has 0 fully saturated rings. The van der Waals surface area contributed by atoms with Gasteiger partial charge in [-0.05, 0) is 24.6 Å². The monoisotopic (exact) mass is 372 g/mol. The van der Waals surface area contributed by atoms with Crippen LogP contribution in [0.15, 0.2) is 42.5 Å². The number of carbonyl (C=O) groups excluding carboxylic acids is 1. The Balaban J connectivity index is 1.85. The molecule has 1 N–H and O–H groups in total. The first-order valence-electron chi connectivity index (χ1n) is 8.91. The number of nitrogens with zero attached hydrogens (tertiary/aromatic N) is 1. The SMILES string of the molecule is COc1ccc(CC(=O)NCCCN(C)c2ccccc2)c(OC)c1OC. The van der Waals surface area contributed by atoms with Crippen molar-refractivity contribution < 1.29 is 19.0 Å². The van der Waals surface area contributed by atoms with Crippen LogP contribution in [0.1, 0.15) is 12.0 Å². The number of carbonyl (C=O) groups is 1. The summed E-state index contributed by atoms with van der Waals surface area (Å²) < 4.78 is 16.1. The molecule has 0 saturated carbocycles. The van der Waals surface area contributed by atoms with E-state index in [9.17, 15) is 4.79 Å². The van der Waals surface area contributed by atoms with Crippen LogP contribution in [-0.2, 0) is 11.2 Å². The number of anilines is 1. The highest BCUT2D eigenvalue weighted by Crippen LogP contribution is 2.39. The summed E-state index contributed by atoms with van der Waals surface area (Å²) in [5, 5.41) is 2.96. The molecule has 0 bridgehead atoms. The summed E-state index contributed by atoms with van der Waals surface area (Å²) in [6.07, 6.45) is 1.08. The normalized spacial score (nSPS) is 10.2. The van der Waals surface area contributed by atoms with E-state index in [-0.39, 0.29) is 12.3 Å². The quantitative estimate of drug-likeness (QED) is 0.650. The molecule has 0 aliphatic heterocycles. The molecule has 0 spiro atoms. The lowest BCUT2D eigenvalue weighted by Gasteiger charge is -2.19. The highest BCUT2D eigenvalue weighted by Gasteiger charge is 2.17. The van der Waals surface area contributed by atoms with Crippen LogP contribution < -0.4 is 24.4 Å². The molecular formula is C21H28N2O4. The molecule has 6 nitrogen and oxygen atoms in total. The number of rotatable bonds is 10. The minimum absolute atomic E-state index is 0.0529. The van der Waals surface area contributed by atoms with Crippen LogP contribution in [0.3, 0.4) is 0 Å². The molecule has 0 atom stereocenters. The molecule has 0 aliphatic rings. The van der Waals surface area contributed by atoms with Gasteiger partial charge < -0.3 is 24.4 Å². The van der Waals surface area contributed by atoms with Crippen molar-refractivity contribution in [1.82, 2.24) is 5.32 Å². The number of ether oxygens (including phenoxy) is 3. The van der Waals surface area contributed by atoms with Gasteiger partial charge in [0.05, 0.1) is 27.8 Å². The summed E-state index contributed by atoms with van der Waals surface area (Å²) >= 11 is 0. The summed E-state index contributed by atoms with van der Waals surface area (Å²) in [7, 11) is 6.72. The number of hydrogen-bond acceptors (Lipinski definition) is 5. The van der Waals surface area contributed by atoms with E-state index in [1.54, 1.807) is 27.4 Å². The van der Waals surface area contributed by atoms with Crippen LogP contribution in [0.2, 0.25) is 0 Å². The number of hydrogen-bond donors (Lipinski definition) is 1. The first-order valence-corrected chi connectivity index (χ1v) is 8.91. The molecule has 0 aromatic heterocycles. The molecule has 146 valence electrons. The first-order chi connectivity index (χ1) is 13.1. The van der Waals surface area contributed by atoms with Gasteiger partial charge >= 0.3 is 0 Å². The number of methoxy groups -OCH3 is 3. The molecule has 6 heteroatoms. The standard InChI is InChI=1S/C21H28N2O4/c1-23(17-9-6-5-7-10-17)14-8-13-22-19(24)15-16-11-12-18(25-2)21(27-4)20(16)26-3/h5-7,9-12H,8,13-15H2,1-4H3,(H,22,24). The Hall–Kier alpha value is -2.89. The fraction of sp³-hybridized carbons (Fsp3) is 0.381. The Morgan fingerprint density at radius 3 is 2.30 bits per heavy atom. The van der Waals surface area contributed by atoms with Crippen molar-refractivity contribution in [2.24, 2.45) is 0 Å². The Morgan fingerprint density at radius 2 is 1.67 bits per heavy atom. The molecule has 27 heavy (non-hydrogen) atoms. The third-order valence-corrected chi connectivity index (χ3v) is 4.33. The zero-order chi connectivity index (χ0) is 19.6. The van der Waals surface area contributed by atoms with Crippen molar-refractivity contribution in [3.05, 3.63) is 48.0 Å². The molecule has 0 unspecified atom stereocenters. The second kappa shape index (κ2) is 10.3. The van der Waals surface area contributed by atoms with Gasteiger partial charge in [-0.1, -0.05) is 24.3 Å². The average molecular weight is 372 g/mol. The number of benzene rings is 2. The average Bonchev–Trinajstić information content (AvgIpc) is 2.71. The second-order valence-electron chi connectivity index (χ2n) is 6.13. The maximum Gasteiger partial charge on any atom is 0.224 e. The van der Waals surface area contributed by atoms with Crippen LogP contribution in [0.25, 0.3) is 0 Å². The van der Waals surface area contributed by atoms with Gasteiger partial charge in [0.15, 0.2) is 11.5 Å². The van der Waals surface area contributed by atoms with Crippen LogP contribution in [0.5, 0.6) is 17.2 Å². The summed E-state index contributed by atoms with van der Waals surface area (Å²) in [5.41, 5.74) is 1.92. The third-order valence-electron chi connectivity index (χ3n) is 4.33. The van der Waals surface area contributed by atoms with Gasteiger partial charge in [-0.15, -0.1) is 0 Å². The zero-order valence-corrected chi connectivity index (χ0v) is 16.5. The van der Waals surface area contributed by atoms with Gasteiger partial charge in [-0.3, -0.25) is 4.79 Å². The predicted molar refractivity (Wildman–Crippen MR) is 107 cm³/mol. The highest BCUT2D eigenvalue weighted by molar-refractivity contribution is 5.80. The molecule has 2 rings (SSSR count). The smallest absolute Gasteiger partial charge is 0.224 e. The first kappa shape index (κ1) is 20.4. The van der Waals surface area contributed by atoms with Crippen molar-refractivity contribution in [2.75, 3.05) is 46.4 Å². The van der Waals surface area contributed by atoms with Crippen LogP contribution in [0, 0.1) is 0 Å². The Bertz CT molecular complexity index is 734. The molecule has 1 amide bonds. The number of amides is 1. The number of para-hydroxylation sites is 1. The van der Waals surface area contributed by atoms with Crippen LogP contribution in [0.4, 0.5) is 5.69 Å². The lowest BCUT2D eigenvalue weighted by Crippen LogP contribution is -2.29. The van der Waals surface area contributed by atoms with Gasteiger partial charge in [-0.2, -0.15) is 0 Å². The van der Waals surface area contributed by atoms with Gasteiger partial charge in [0.25, 0.3) is 0 Å². The summed E-state index contributed by atoms with van der Waals surface area (Å²) in [6, 6.07) is 13.8. The van der Waals surface area contributed by atoms with Gasteiger partial charge in [0.2, 0.25) is 11.7 Å². The number of nitrogens with one attached hydrogen (secondary N) is 1. The molecular weight excluding hydrogens is 344 g/mol. The largest absolute Gasteiger partial charge is 0.493 e. The van der Waals surface area contributed by atoms with E-state index < -0.39 is 0 Å². The predicted octanol–water partition coefficient (Wildman–Crippen LogP) is 2.90. The van der Waals surface area contributed by atoms with Crippen molar-refractivity contribution in [2.45, 2.75) is 12.8 Å². The lowest BCUT2D eigenvalue weighted by molar-refractivity contribution is -0.120. The van der Waals surface area contributed by atoms with Gasteiger partial charge in [-0.25, -0.2) is 0 Å². The molecule has 0 heterocycles. The Labute approximate surface area is 161 Å². The maximum absolute atomic E-state index is 12.3. The van der Waals surface area contributed by atoms with Crippen molar-refractivity contribution in [3.8, 4) is 17.2 Å². The topological polar surface area (TPSA) is 60.0 Å². The van der Waals surface area contributed by atoms with E-state index >= 15 is 0 Å². The maximum atomic E-state index is 12.3. The van der Waals surface area contributed by atoms with Gasteiger partial charge in [0.1, 0.15) is 0 Å². The van der Waals surface area contributed by atoms with Crippen molar-refractivity contribution >= 4 is 11.6 Å². The third kappa shape index (κ3) is 5.54. The molecule has 2 aromatic rings. The minimum atomic E-state index is -0.0529. The van der Waals surface area contributed by atoms with E-state index in [1.165, 1.54) is 5.69 Å². The molecule has 0 saturated heterocycles. The molecule has 0 aliphatic carbocycles. The van der Waals surface area contributed by atoms with E-state index in [0.29, 0.717) is 23.8 Å². The van der Waals surface area contributed by atoms with E-state index in [2.05, 4.69) is 22.3 Å². The summed E-state index contributed by atoms with van der Waals surface area (Å²) in [5.74, 6) is 1.54. The van der Waals surface area contributed by atoms with E-state index in [1.807, 2.05) is 31.3 Å².